The fraction of sp³-hybridized carbons (Fsp3) is 0.200. The second kappa shape index (κ2) is 5.15. The van der Waals surface area contributed by atoms with Gasteiger partial charge in [0.15, 0.2) is 0 Å². The van der Waals surface area contributed by atoms with Crippen LogP contribution in [0.1, 0.15) is 13.3 Å². The second-order valence-electron chi connectivity index (χ2n) is 3.15. The summed E-state index contributed by atoms with van der Waals surface area (Å²) in [5.41, 5.74) is -0.801. The Balaban J connectivity index is 3.02. The van der Waals surface area contributed by atoms with Gasteiger partial charge in [0.2, 0.25) is 5.78 Å². The molecule has 0 saturated carbocycles. The number of hydrogen-bond acceptors (Lipinski definition) is 4. The van der Waals surface area contributed by atoms with Gasteiger partial charge < -0.3 is 5.32 Å². The van der Waals surface area contributed by atoms with Crippen LogP contribution >= 0.6 is 0 Å². The minimum atomic E-state index is -0.956. The zero-order chi connectivity index (χ0) is 13.0. The molecule has 0 fully saturated rings. The molecule has 0 heterocycles. The summed E-state index contributed by atoms with van der Waals surface area (Å²) in [6, 6.07) is 2.67. The van der Waals surface area contributed by atoms with Gasteiger partial charge in [0.05, 0.1) is 11.0 Å². The summed E-state index contributed by atoms with van der Waals surface area (Å²) in [6.45, 7) is 1.49. The minimum Gasteiger partial charge on any atom is -0.314 e. The lowest BCUT2D eigenvalue weighted by Gasteiger charge is -2.04. The molecule has 0 aromatic heterocycles. The summed E-state index contributed by atoms with van der Waals surface area (Å²) >= 11 is 0. The highest BCUT2D eigenvalue weighted by Gasteiger charge is 2.19. The molecule has 6 nitrogen and oxygen atoms in total. The maximum Gasteiger partial charge on any atom is 0.295 e. The van der Waals surface area contributed by atoms with Crippen LogP contribution in [0, 0.1) is 15.9 Å². The monoisotopic (exact) mass is 240 g/mol. The number of nitrogens with zero attached hydrogens (tertiary/aromatic N) is 1. The van der Waals surface area contributed by atoms with Crippen molar-refractivity contribution in [1.29, 1.82) is 0 Å². The number of halogens is 1. The van der Waals surface area contributed by atoms with Crippen LogP contribution in [0.2, 0.25) is 0 Å². The Morgan fingerprint density at radius 3 is 2.65 bits per heavy atom. The van der Waals surface area contributed by atoms with E-state index in [4.69, 9.17) is 0 Å². The maximum absolute atomic E-state index is 12.8. The zero-order valence-corrected chi connectivity index (χ0v) is 8.90. The number of nitro benzene ring substituents is 1. The van der Waals surface area contributed by atoms with Crippen LogP contribution in [-0.2, 0) is 9.59 Å². The molecule has 1 aromatic rings. The van der Waals surface area contributed by atoms with E-state index in [1.54, 1.807) is 0 Å². The molecule has 0 radical (unpaired) electrons. The van der Waals surface area contributed by atoms with E-state index in [2.05, 4.69) is 5.32 Å². The van der Waals surface area contributed by atoms with Gasteiger partial charge in [-0.05, 0) is 12.1 Å². The van der Waals surface area contributed by atoms with Gasteiger partial charge in [-0.25, -0.2) is 4.39 Å². The highest BCUT2D eigenvalue weighted by atomic mass is 19.1. The number of rotatable bonds is 4. The van der Waals surface area contributed by atoms with E-state index in [0.29, 0.717) is 6.07 Å². The minimum absolute atomic E-state index is 0.0131. The Morgan fingerprint density at radius 2 is 2.12 bits per heavy atom. The molecule has 0 unspecified atom stereocenters. The van der Waals surface area contributed by atoms with Crippen molar-refractivity contribution in [2.24, 2.45) is 0 Å². The largest absolute Gasteiger partial charge is 0.314 e. The molecule has 0 atom stereocenters. The molecule has 0 saturated heterocycles. The number of anilines is 1. The Morgan fingerprint density at radius 1 is 1.47 bits per heavy atom. The summed E-state index contributed by atoms with van der Waals surface area (Å²) < 4.78 is 12.8. The van der Waals surface area contributed by atoms with Crippen LogP contribution in [0.5, 0.6) is 0 Å². The summed E-state index contributed by atoms with van der Waals surface area (Å²) in [6.07, 6.45) is -0.0131. The highest BCUT2D eigenvalue weighted by Crippen LogP contribution is 2.24. The summed E-state index contributed by atoms with van der Waals surface area (Å²) in [5.74, 6) is -2.46. The van der Waals surface area contributed by atoms with Gasteiger partial charge in [0, 0.05) is 6.42 Å². The van der Waals surface area contributed by atoms with Crippen molar-refractivity contribution in [3.8, 4) is 0 Å². The molecule has 1 N–H and O–H groups in total. The number of nitro groups is 1. The Bertz CT molecular complexity index is 487. The van der Waals surface area contributed by atoms with Gasteiger partial charge in [-0.3, -0.25) is 19.7 Å². The lowest BCUT2D eigenvalue weighted by Crippen LogP contribution is -2.22. The van der Waals surface area contributed by atoms with Crippen molar-refractivity contribution in [2.75, 3.05) is 5.32 Å². The molecule has 1 rings (SSSR count). The van der Waals surface area contributed by atoms with E-state index < -0.39 is 28.1 Å². The molecule has 1 amide bonds. The quantitative estimate of drug-likeness (QED) is 0.492. The van der Waals surface area contributed by atoms with Crippen LogP contribution in [0.4, 0.5) is 15.8 Å². The first kappa shape index (κ1) is 12.8. The van der Waals surface area contributed by atoms with Gasteiger partial charge >= 0.3 is 0 Å². The highest BCUT2D eigenvalue weighted by molar-refractivity contribution is 6.40. The average molecular weight is 240 g/mol. The van der Waals surface area contributed by atoms with Crippen molar-refractivity contribution in [3.05, 3.63) is 34.1 Å². The number of hydrogen-bond donors (Lipinski definition) is 1. The van der Waals surface area contributed by atoms with Crippen LogP contribution in [0.3, 0.4) is 0 Å². The maximum atomic E-state index is 12.8. The second-order valence-corrected chi connectivity index (χ2v) is 3.15. The summed E-state index contributed by atoms with van der Waals surface area (Å²) in [5, 5.41) is 12.7. The average Bonchev–Trinajstić information content (AvgIpc) is 2.29. The Labute approximate surface area is 95.6 Å². The van der Waals surface area contributed by atoms with Gasteiger partial charge in [-0.15, -0.1) is 0 Å². The molecular weight excluding hydrogens is 231 g/mol. The molecule has 7 heteroatoms. The molecule has 0 aliphatic heterocycles. The Kier molecular flexibility index (Phi) is 3.86. The molecule has 0 spiro atoms. The number of nitrogens with one attached hydrogen (secondary N) is 1. The number of amides is 1. The van der Waals surface area contributed by atoms with Crippen molar-refractivity contribution >= 4 is 23.1 Å². The first-order valence-corrected chi connectivity index (χ1v) is 4.73. The van der Waals surface area contributed by atoms with E-state index in [1.165, 1.54) is 6.92 Å². The molecule has 17 heavy (non-hydrogen) atoms. The van der Waals surface area contributed by atoms with Crippen LogP contribution < -0.4 is 5.32 Å². The first-order valence-electron chi connectivity index (χ1n) is 4.73. The lowest BCUT2D eigenvalue weighted by atomic mass is 10.2. The number of ketones is 1. The van der Waals surface area contributed by atoms with Gasteiger partial charge in [0.25, 0.3) is 11.6 Å². The number of carbonyl (C=O) groups excluding carboxylic acids is 2. The van der Waals surface area contributed by atoms with Gasteiger partial charge in [-0.1, -0.05) is 6.92 Å². The van der Waals surface area contributed by atoms with E-state index in [1.807, 2.05) is 0 Å². The van der Waals surface area contributed by atoms with Gasteiger partial charge in [0.1, 0.15) is 11.5 Å². The third kappa shape index (κ3) is 3.07. The normalized spacial score (nSPS) is 9.76. The van der Waals surface area contributed by atoms with E-state index in [9.17, 15) is 24.1 Å². The number of Topliss-reactive ketones (excluding diaryl/α,β-unsaturated/α-hetero) is 1. The number of carbonyl (C=O) groups is 2. The predicted molar refractivity (Wildman–Crippen MR) is 57.0 cm³/mol. The number of benzene rings is 1. The fourth-order valence-electron chi connectivity index (χ4n) is 1.11. The van der Waals surface area contributed by atoms with Crippen LogP contribution in [0.25, 0.3) is 0 Å². The zero-order valence-electron chi connectivity index (χ0n) is 8.90. The molecular formula is C10H9FN2O4. The van der Waals surface area contributed by atoms with Crippen molar-refractivity contribution < 1.29 is 18.9 Å². The van der Waals surface area contributed by atoms with Crippen molar-refractivity contribution in [1.82, 2.24) is 0 Å². The molecule has 0 bridgehead atoms. The smallest absolute Gasteiger partial charge is 0.295 e. The van der Waals surface area contributed by atoms with Crippen molar-refractivity contribution in [3.63, 3.8) is 0 Å². The van der Waals surface area contributed by atoms with Crippen LogP contribution in [0.15, 0.2) is 18.2 Å². The fourth-order valence-corrected chi connectivity index (χ4v) is 1.11. The topological polar surface area (TPSA) is 89.3 Å². The third-order valence-corrected chi connectivity index (χ3v) is 1.98. The van der Waals surface area contributed by atoms with Gasteiger partial charge in [-0.2, -0.15) is 0 Å². The van der Waals surface area contributed by atoms with E-state index in [0.717, 1.165) is 12.1 Å². The summed E-state index contributed by atoms with van der Waals surface area (Å²) in [7, 11) is 0. The van der Waals surface area contributed by atoms with E-state index >= 15 is 0 Å². The van der Waals surface area contributed by atoms with Crippen molar-refractivity contribution in [2.45, 2.75) is 13.3 Å². The van der Waals surface area contributed by atoms with E-state index in [-0.39, 0.29) is 12.1 Å². The standard InChI is InChI=1S/C10H9FN2O4/c1-2-9(14)10(15)12-7-4-3-6(11)5-8(7)13(16)17/h3-5H,2H2,1H3,(H,12,15). The Hall–Kier alpha value is -2.31. The molecule has 0 aliphatic carbocycles. The van der Waals surface area contributed by atoms with Crippen LogP contribution in [-0.4, -0.2) is 16.6 Å². The molecule has 0 aliphatic rings. The third-order valence-electron chi connectivity index (χ3n) is 1.98. The predicted octanol–water partition coefficient (Wildman–Crippen LogP) is 1.65. The molecule has 90 valence electrons. The molecule has 1 aromatic carbocycles. The lowest BCUT2D eigenvalue weighted by molar-refractivity contribution is -0.384. The SMILES string of the molecule is CCC(=O)C(=O)Nc1ccc(F)cc1[N+](=O)[O-]. The summed E-state index contributed by atoms with van der Waals surface area (Å²) in [4.78, 5) is 32.0. The first-order chi connectivity index (χ1) is 7.95.